The van der Waals surface area contributed by atoms with Crippen LogP contribution in [0.1, 0.15) is 18.9 Å². The van der Waals surface area contributed by atoms with Gasteiger partial charge >= 0.3 is 0 Å². The molecule has 0 saturated carbocycles. The van der Waals surface area contributed by atoms with E-state index in [2.05, 4.69) is 27.9 Å². The van der Waals surface area contributed by atoms with Crippen molar-refractivity contribution in [3.8, 4) is 0 Å². The van der Waals surface area contributed by atoms with Gasteiger partial charge in [-0.2, -0.15) is 0 Å². The number of hydrogen-bond donors (Lipinski definition) is 1. The van der Waals surface area contributed by atoms with E-state index in [-0.39, 0.29) is 5.82 Å². The lowest BCUT2D eigenvalue weighted by molar-refractivity contribution is 0.626. The summed E-state index contributed by atoms with van der Waals surface area (Å²) >= 11 is 0. The molecule has 0 fully saturated rings. The molecule has 2 aromatic carbocycles. The number of fused-ring (bicyclic) bond motifs is 1. The molecule has 1 N–H and O–H groups in total. The number of para-hydroxylation sites is 2. The van der Waals surface area contributed by atoms with Gasteiger partial charge in [0.05, 0.1) is 17.6 Å². The Morgan fingerprint density at radius 1 is 1.10 bits per heavy atom. The Labute approximate surface area is 123 Å². The van der Waals surface area contributed by atoms with Gasteiger partial charge < -0.3 is 9.88 Å². The first-order valence-corrected chi connectivity index (χ1v) is 7.21. The van der Waals surface area contributed by atoms with E-state index in [0.717, 1.165) is 35.5 Å². The van der Waals surface area contributed by atoms with Crippen molar-refractivity contribution in [1.82, 2.24) is 9.55 Å². The zero-order valence-corrected chi connectivity index (χ0v) is 12.0. The summed E-state index contributed by atoms with van der Waals surface area (Å²) < 4.78 is 15.2. The zero-order valence-electron chi connectivity index (χ0n) is 12.0. The average Bonchev–Trinajstić information content (AvgIpc) is 2.85. The van der Waals surface area contributed by atoms with E-state index in [1.165, 1.54) is 12.1 Å². The lowest BCUT2D eigenvalue weighted by atomic mass is 10.2. The molecule has 0 atom stereocenters. The second-order valence-corrected chi connectivity index (χ2v) is 5.06. The third-order valence-electron chi connectivity index (χ3n) is 3.44. The third-order valence-corrected chi connectivity index (χ3v) is 3.44. The van der Waals surface area contributed by atoms with Crippen LogP contribution in [-0.4, -0.2) is 16.1 Å². The maximum Gasteiger partial charge on any atom is 0.204 e. The number of rotatable bonds is 5. The van der Waals surface area contributed by atoms with Gasteiger partial charge in [-0.1, -0.05) is 31.2 Å². The summed E-state index contributed by atoms with van der Waals surface area (Å²) in [7, 11) is 0. The minimum atomic E-state index is -0.210. The molecule has 0 aliphatic carbocycles. The summed E-state index contributed by atoms with van der Waals surface area (Å²) in [6.45, 7) is 3.68. The first kappa shape index (κ1) is 13.6. The second kappa shape index (κ2) is 5.95. The topological polar surface area (TPSA) is 29.9 Å². The third kappa shape index (κ3) is 2.89. The Morgan fingerprint density at radius 3 is 2.62 bits per heavy atom. The number of benzene rings is 2. The van der Waals surface area contributed by atoms with Gasteiger partial charge in [0, 0.05) is 6.54 Å². The molecule has 0 amide bonds. The van der Waals surface area contributed by atoms with Crippen LogP contribution in [0, 0.1) is 5.82 Å². The number of anilines is 1. The summed E-state index contributed by atoms with van der Waals surface area (Å²) in [6.07, 6.45) is 1.04. The summed E-state index contributed by atoms with van der Waals surface area (Å²) in [6, 6.07) is 14.7. The molecular weight excluding hydrogens is 265 g/mol. The number of hydrogen-bond acceptors (Lipinski definition) is 2. The van der Waals surface area contributed by atoms with Crippen molar-refractivity contribution in [2.45, 2.75) is 19.9 Å². The molecule has 0 spiro atoms. The SMILES string of the molecule is CCCNc1nc2ccccc2n1Cc1ccc(F)cc1. The number of imidazole rings is 1. The van der Waals surface area contributed by atoms with Gasteiger partial charge in [-0.25, -0.2) is 9.37 Å². The monoisotopic (exact) mass is 283 g/mol. The number of halogens is 1. The van der Waals surface area contributed by atoms with Crippen LogP contribution in [0.15, 0.2) is 48.5 Å². The molecule has 108 valence electrons. The number of nitrogens with zero attached hydrogens (tertiary/aromatic N) is 2. The highest BCUT2D eigenvalue weighted by Crippen LogP contribution is 2.21. The summed E-state index contributed by atoms with van der Waals surface area (Å²) in [5, 5.41) is 3.36. The first-order valence-electron chi connectivity index (χ1n) is 7.21. The Kier molecular flexibility index (Phi) is 3.86. The van der Waals surface area contributed by atoms with E-state index < -0.39 is 0 Å². The molecular formula is C17H18FN3. The molecule has 0 unspecified atom stereocenters. The van der Waals surface area contributed by atoms with Crippen LogP contribution in [-0.2, 0) is 6.54 Å². The zero-order chi connectivity index (χ0) is 14.7. The fraction of sp³-hybridized carbons (Fsp3) is 0.235. The summed E-state index contributed by atoms with van der Waals surface area (Å²) in [5.41, 5.74) is 3.11. The van der Waals surface area contributed by atoms with Gasteiger partial charge in [-0.05, 0) is 36.2 Å². The van der Waals surface area contributed by atoms with Crippen molar-refractivity contribution in [3.63, 3.8) is 0 Å². The molecule has 0 saturated heterocycles. The van der Waals surface area contributed by atoms with Crippen LogP contribution in [0.2, 0.25) is 0 Å². The van der Waals surface area contributed by atoms with Crippen molar-refractivity contribution in [3.05, 3.63) is 59.9 Å². The van der Waals surface area contributed by atoms with E-state index in [1.54, 1.807) is 0 Å². The van der Waals surface area contributed by atoms with E-state index in [1.807, 2.05) is 30.3 Å². The van der Waals surface area contributed by atoms with Gasteiger partial charge in [0.2, 0.25) is 5.95 Å². The van der Waals surface area contributed by atoms with Crippen molar-refractivity contribution in [2.75, 3.05) is 11.9 Å². The highest BCUT2D eigenvalue weighted by atomic mass is 19.1. The van der Waals surface area contributed by atoms with Crippen LogP contribution in [0.3, 0.4) is 0 Å². The summed E-state index contributed by atoms with van der Waals surface area (Å²) in [5.74, 6) is 0.654. The standard InChI is InChI=1S/C17H18FN3/c1-2-11-19-17-20-15-5-3-4-6-16(15)21(17)12-13-7-9-14(18)10-8-13/h3-10H,2,11-12H2,1H3,(H,19,20). The largest absolute Gasteiger partial charge is 0.356 e. The van der Waals surface area contributed by atoms with Crippen molar-refractivity contribution >= 4 is 17.0 Å². The number of nitrogens with one attached hydrogen (secondary N) is 1. The van der Waals surface area contributed by atoms with E-state index in [9.17, 15) is 4.39 Å². The van der Waals surface area contributed by atoms with Crippen molar-refractivity contribution in [2.24, 2.45) is 0 Å². The molecule has 21 heavy (non-hydrogen) atoms. The van der Waals surface area contributed by atoms with Gasteiger partial charge in [0.25, 0.3) is 0 Å². The molecule has 1 aromatic heterocycles. The molecule has 3 rings (SSSR count). The lowest BCUT2D eigenvalue weighted by Crippen LogP contribution is -2.09. The Morgan fingerprint density at radius 2 is 1.86 bits per heavy atom. The lowest BCUT2D eigenvalue weighted by Gasteiger charge is -2.10. The predicted octanol–water partition coefficient (Wildman–Crippen LogP) is 4.05. The van der Waals surface area contributed by atoms with Crippen LogP contribution in [0.5, 0.6) is 0 Å². The summed E-state index contributed by atoms with van der Waals surface area (Å²) in [4.78, 5) is 4.64. The fourth-order valence-corrected chi connectivity index (χ4v) is 2.38. The molecule has 1 heterocycles. The molecule has 0 aliphatic heterocycles. The maximum atomic E-state index is 13.0. The highest BCUT2D eigenvalue weighted by Gasteiger charge is 2.10. The molecule has 3 nitrogen and oxygen atoms in total. The van der Waals surface area contributed by atoms with Gasteiger partial charge in [-0.3, -0.25) is 0 Å². The smallest absolute Gasteiger partial charge is 0.204 e. The number of aromatic nitrogens is 2. The average molecular weight is 283 g/mol. The van der Waals surface area contributed by atoms with Crippen LogP contribution in [0.25, 0.3) is 11.0 Å². The van der Waals surface area contributed by atoms with Crippen LogP contribution < -0.4 is 5.32 Å². The molecule has 3 aromatic rings. The Hall–Kier alpha value is -2.36. The second-order valence-electron chi connectivity index (χ2n) is 5.06. The van der Waals surface area contributed by atoms with E-state index in [4.69, 9.17) is 0 Å². The van der Waals surface area contributed by atoms with Crippen LogP contribution >= 0.6 is 0 Å². The predicted molar refractivity (Wildman–Crippen MR) is 84.0 cm³/mol. The van der Waals surface area contributed by atoms with E-state index >= 15 is 0 Å². The van der Waals surface area contributed by atoms with Gasteiger partial charge in [0.15, 0.2) is 0 Å². The quantitative estimate of drug-likeness (QED) is 0.765. The highest BCUT2D eigenvalue weighted by molar-refractivity contribution is 5.78. The maximum absolute atomic E-state index is 13.0. The van der Waals surface area contributed by atoms with Crippen molar-refractivity contribution < 1.29 is 4.39 Å². The van der Waals surface area contributed by atoms with Crippen LogP contribution in [0.4, 0.5) is 10.3 Å². The molecule has 0 radical (unpaired) electrons. The Bertz CT molecular complexity index is 731. The van der Waals surface area contributed by atoms with E-state index in [0.29, 0.717) is 6.54 Å². The first-order chi connectivity index (χ1) is 10.3. The minimum Gasteiger partial charge on any atom is -0.356 e. The minimum absolute atomic E-state index is 0.210. The molecule has 0 bridgehead atoms. The normalized spacial score (nSPS) is 11.0. The van der Waals surface area contributed by atoms with Crippen molar-refractivity contribution in [1.29, 1.82) is 0 Å². The molecule has 4 heteroatoms. The fourth-order valence-electron chi connectivity index (χ4n) is 2.38. The molecule has 0 aliphatic rings. The van der Waals surface area contributed by atoms with Gasteiger partial charge in [-0.15, -0.1) is 0 Å². The van der Waals surface area contributed by atoms with Gasteiger partial charge in [0.1, 0.15) is 5.82 Å². The Balaban J connectivity index is 1.99.